The molecule has 5 rings (SSSR count). The van der Waals surface area contributed by atoms with Crippen LogP contribution in [0.4, 0.5) is 14.6 Å². The Morgan fingerprint density at radius 3 is 2.49 bits per heavy atom. The molecule has 0 unspecified atom stereocenters. The van der Waals surface area contributed by atoms with Crippen LogP contribution in [0.5, 0.6) is 0 Å². The molecule has 10 heteroatoms. The molecule has 2 saturated heterocycles. The van der Waals surface area contributed by atoms with Gasteiger partial charge in [-0.2, -0.15) is 8.78 Å². The number of carbonyl (C=O) groups is 1. The van der Waals surface area contributed by atoms with E-state index in [4.69, 9.17) is 9.72 Å². The van der Waals surface area contributed by atoms with Gasteiger partial charge in [-0.05, 0) is 31.4 Å². The number of hydrogen-bond donors (Lipinski definition) is 0. The van der Waals surface area contributed by atoms with Crippen molar-refractivity contribution in [2.24, 2.45) is 0 Å². The molecule has 2 aliphatic rings. The van der Waals surface area contributed by atoms with Gasteiger partial charge in [0.1, 0.15) is 11.7 Å². The maximum absolute atomic E-state index is 13.0. The third-order valence-corrected chi connectivity index (χ3v) is 8.67. The number of quaternary nitrogens is 1. The maximum atomic E-state index is 13.0. The highest BCUT2D eigenvalue weighted by Crippen LogP contribution is 2.34. The maximum Gasteiger partial charge on any atom is 0.315 e. The van der Waals surface area contributed by atoms with E-state index in [0.717, 1.165) is 16.2 Å². The fourth-order valence-electron chi connectivity index (χ4n) is 5.92. The molecule has 2 fully saturated rings. The van der Waals surface area contributed by atoms with E-state index in [0.29, 0.717) is 22.8 Å². The highest BCUT2D eigenvalue weighted by atomic mass is 19.3. The predicted molar refractivity (Wildman–Crippen MR) is 147 cm³/mol. The molecule has 1 atom stereocenters. The standard InChI is InChI=1S/C29H37F2N6O2/c1-4-37(5-2)15-10-21(11-16-37)20-6-8-22(9-7-20)23-18-24-26(33-13-12-32-24)28(34-23)35(3)25-19-36(14-17-39-25)29(38)27(30)31/h6-9,12-13,18,21,25,27H,4-5,10-11,14-17,19H2,1-3H3/q+1/t25-/m1/s1. The average molecular weight is 540 g/mol. The van der Waals surface area contributed by atoms with Crippen molar-refractivity contribution >= 4 is 22.8 Å². The number of hydrogen-bond acceptors (Lipinski definition) is 6. The Balaban J connectivity index is 1.39. The number of likely N-dealkylation sites (N-methyl/N-ethyl adjacent to an activating group) is 1. The lowest BCUT2D eigenvalue weighted by atomic mass is 9.87. The second-order valence-electron chi connectivity index (χ2n) is 10.6. The molecule has 4 heterocycles. The molecule has 0 bridgehead atoms. The van der Waals surface area contributed by atoms with Crippen LogP contribution >= 0.6 is 0 Å². The molecule has 0 radical (unpaired) electrons. The summed E-state index contributed by atoms with van der Waals surface area (Å²) in [6.45, 7) is 9.74. The number of morpholine rings is 1. The smallest absolute Gasteiger partial charge is 0.315 e. The molecule has 1 amide bonds. The summed E-state index contributed by atoms with van der Waals surface area (Å²) in [5.41, 5.74) is 4.32. The molecule has 208 valence electrons. The molecule has 39 heavy (non-hydrogen) atoms. The van der Waals surface area contributed by atoms with Crippen molar-refractivity contribution in [1.29, 1.82) is 0 Å². The summed E-state index contributed by atoms with van der Waals surface area (Å²) in [6, 6.07) is 10.6. The minimum Gasteiger partial charge on any atom is -0.355 e. The van der Waals surface area contributed by atoms with Crippen molar-refractivity contribution < 1.29 is 22.8 Å². The van der Waals surface area contributed by atoms with E-state index in [2.05, 4.69) is 48.1 Å². The number of ether oxygens (including phenoxy) is 1. The van der Waals surface area contributed by atoms with Gasteiger partial charge in [0.2, 0.25) is 0 Å². The number of benzene rings is 1. The highest BCUT2D eigenvalue weighted by molar-refractivity contribution is 5.89. The van der Waals surface area contributed by atoms with E-state index in [1.165, 1.54) is 49.1 Å². The lowest BCUT2D eigenvalue weighted by Crippen LogP contribution is -2.53. The largest absolute Gasteiger partial charge is 0.355 e. The molecule has 1 aromatic carbocycles. The number of nitrogens with zero attached hydrogens (tertiary/aromatic N) is 6. The number of anilines is 1. The average Bonchev–Trinajstić information content (AvgIpc) is 3.00. The first kappa shape index (κ1) is 27.3. The fraction of sp³-hybridized carbons (Fsp3) is 0.517. The molecule has 0 aliphatic carbocycles. The van der Waals surface area contributed by atoms with Gasteiger partial charge in [0.05, 0.1) is 50.5 Å². The molecular weight excluding hydrogens is 502 g/mol. The van der Waals surface area contributed by atoms with Gasteiger partial charge >= 0.3 is 6.43 Å². The number of halogens is 2. The number of aromatic nitrogens is 3. The van der Waals surface area contributed by atoms with Gasteiger partial charge in [0.15, 0.2) is 5.82 Å². The third kappa shape index (κ3) is 5.58. The number of alkyl halides is 2. The zero-order chi connectivity index (χ0) is 27.6. The lowest BCUT2D eigenvalue weighted by molar-refractivity contribution is -0.929. The Morgan fingerprint density at radius 2 is 1.82 bits per heavy atom. The van der Waals surface area contributed by atoms with E-state index in [1.54, 1.807) is 24.3 Å². The lowest BCUT2D eigenvalue weighted by Gasteiger charge is -2.42. The molecule has 2 aliphatic heterocycles. The minimum absolute atomic E-state index is 0.0134. The van der Waals surface area contributed by atoms with Gasteiger partial charge in [-0.3, -0.25) is 9.78 Å². The first-order valence-corrected chi connectivity index (χ1v) is 13.8. The molecule has 2 aromatic heterocycles. The van der Waals surface area contributed by atoms with Crippen molar-refractivity contribution in [1.82, 2.24) is 19.9 Å². The van der Waals surface area contributed by atoms with Crippen LogP contribution in [-0.4, -0.2) is 95.8 Å². The molecule has 0 N–H and O–H groups in total. The monoisotopic (exact) mass is 539 g/mol. The summed E-state index contributed by atoms with van der Waals surface area (Å²) in [6.07, 6.45) is 1.95. The Kier molecular flexibility index (Phi) is 8.04. The van der Waals surface area contributed by atoms with Gasteiger partial charge < -0.3 is 19.0 Å². The van der Waals surface area contributed by atoms with Crippen molar-refractivity contribution in [3.05, 3.63) is 48.3 Å². The number of pyridine rings is 1. The van der Waals surface area contributed by atoms with Crippen LogP contribution in [0.3, 0.4) is 0 Å². The zero-order valence-corrected chi connectivity index (χ0v) is 22.9. The Morgan fingerprint density at radius 1 is 1.13 bits per heavy atom. The quantitative estimate of drug-likeness (QED) is 0.417. The number of amides is 1. The highest BCUT2D eigenvalue weighted by Gasteiger charge is 2.33. The Bertz CT molecular complexity index is 1290. The topological polar surface area (TPSA) is 71.5 Å². The molecule has 0 saturated carbocycles. The second-order valence-corrected chi connectivity index (χ2v) is 10.6. The van der Waals surface area contributed by atoms with Gasteiger partial charge in [-0.25, -0.2) is 9.97 Å². The van der Waals surface area contributed by atoms with Crippen LogP contribution in [0.25, 0.3) is 22.3 Å². The first-order chi connectivity index (χ1) is 18.8. The number of piperidine rings is 1. The van der Waals surface area contributed by atoms with Gasteiger partial charge in [-0.15, -0.1) is 0 Å². The number of rotatable bonds is 7. The predicted octanol–water partition coefficient (Wildman–Crippen LogP) is 4.31. The van der Waals surface area contributed by atoms with Gasteiger partial charge in [0.25, 0.3) is 5.91 Å². The van der Waals surface area contributed by atoms with Crippen LogP contribution < -0.4 is 4.90 Å². The summed E-state index contributed by atoms with van der Waals surface area (Å²) in [5, 5.41) is 0. The van der Waals surface area contributed by atoms with Crippen molar-refractivity contribution in [2.75, 3.05) is 57.8 Å². The van der Waals surface area contributed by atoms with Crippen LogP contribution in [0, 0.1) is 0 Å². The van der Waals surface area contributed by atoms with Crippen molar-refractivity contribution in [3.8, 4) is 11.3 Å². The zero-order valence-electron chi connectivity index (χ0n) is 22.9. The third-order valence-electron chi connectivity index (χ3n) is 8.67. The van der Waals surface area contributed by atoms with Gasteiger partial charge in [0, 0.05) is 44.4 Å². The van der Waals surface area contributed by atoms with Crippen LogP contribution in [0.2, 0.25) is 0 Å². The van der Waals surface area contributed by atoms with E-state index in [1.807, 2.05) is 6.07 Å². The molecular formula is C29H37F2N6O2+. The van der Waals surface area contributed by atoms with E-state index >= 15 is 0 Å². The van der Waals surface area contributed by atoms with E-state index in [9.17, 15) is 13.6 Å². The fourth-order valence-corrected chi connectivity index (χ4v) is 5.92. The molecule has 3 aromatic rings. The van der Waals surface area contributed by atoms with E-state index in [-0.39, 0.29) is 19.7 Å². The normalized spacial score (nSPS) is 19.9. The summed E-state index contributed by atoms with van der Waals surface area (Å²) in [5.74, 6) is -0.0884. The summed E-state index contributed by atoms with van der Waals surface area (Å²) >= 11 is 0. The Hall–Kier alpha value is -3.24. The summed E-state index contributed by atoms with van der Waals surface area (Å²) < 4.78 is 33.2. The van der Waals surface area contributed by atoms with Gasteiger partial charge in [-0.1, -0.05) is 24.3 Å². The van der Waals surface area contributed by atoms with Crippen molar-refractivity contribution in [2.45, 2.75) is 45.3 Å². The Labute approximate surface area is 228 Å². The first-order valence-electron chi connectivity index (χ1n) is 13.8. The number of carbonyl (C=O) groups excluding carboxylic acids is 1. The second kappa shape index (κ2) is 11.5. The minimum atomic E-state index is -3.04. The summed E-state index contributed by atoms with van der Waals surface area (Å²) in [7, 11) is 1.78. The molecule has 0 spiro atoms. The van der Waals surface area contributed by atoms with Crippen LogP contribution in [-0.2, 0) is 9.53 Å². The number of likely N-dealkylation sites (tertiary alicyclic amines) is 1. The van der Waals surface area contributed by atoms with Crippen molar-refractivity contribution in [3.63, 3.8) is 0 Å². The summed E-state index contributed by atoms with van der Waals surface area (Å²) in [4.78, 5) is 28.7. The molecule has 8 nitrogen and oxygen atoms in total. The van der Waals surface area contributed by atoms with Crippen LogP contribution in [0.15, 0.2) is 42.7 Å². The number of fused-ring (bicyclic) bond motifs is 1. The van der Waals surface area contributed by atoms with Crippen LogP contribution in [0.1, 0.15) is 38.2 Å². The SMILES string of the molecule is CC[N+]1(CC)CCC(c2ccc(-c3cc4nccnc4c(N(C)[C@H]4CN(C(=O)C(F)F)CCO4)n3)cc2)CC1. The van der Waals surface area contributed by atoms with E-state index < -0.39 is 18.6 Å².